The first-order chi connectivity index (χ1) is 9.77. The summed E-state index contributed by atoms with van der Waals surface area (Å²) in [5.41, 5.74) is -0.305. The first-order valence-corrected chi connectivity index (χ1v) is 11.4. The Labute approximate surface area is 128 Å². The molecule has 0 N–H and O–H groups in total. The van der Waals surface area contributed by atoms with Gasteiger partial charge in [0.25, 0.3) is 0 Å². The quantitative estimate of drug-likeness (QED) is 0.428. The molecule has 1 saturated carbocycles. The maximum absolute atomic E-state index is 12.5. The summed E-state index contributed by atoms with van der Waals surface area (Å²) in [6, 6.07) is 1.12. The predicted molar refractivity (Wildman–Crippen MR) is 82.5 cm³/mol. The molecular formula is C15H27NO4Si. The molecule has 0 radical (unpaired) electrons. The monoisotopic (exact) mass is 313 g/mol. The molecule has 2 aliphatic rings. The summed E-state index contributed by atoms with van der Waals surface area (Å²) >= 11 is 0. The Balaban J connectivity index is 1.74. The molecule has 1 heterocycles. The van der Waals surface area contributed by atoms with E-state index in [4.69, 9.17) is 9.47 Å². The number of hydrogen-bond donors (Lipinski definition) is 0. The van der Waals surface area contributed by atoms with Gasteiger partial charge in [-0.1, -0.05) is 19.6 Å². The Bertz CT molecular complexity index is 412. The summed E-state index contributed by atoms with van der Waals surface area (Å²) in [5, 5.41) is 0. The molecule has 1 aliphatic heterocycles. The standard InChI is InChI=1S/C15H27NO4Si/c1-19-13(17)12-9-15(10-12)5-6-16(14(15)18)11-20-7-8-21(2,3)4/h12H,5-11H2,1-4H3. The second kappa shape index (κ2) is 6.08. The first kappa shape index (κ1) is 16.5. The highest BCUT2D eigenvalue weighted by molar-refractivity contribution is 6.76. The molecule has 1 saturated heterocycles. The SMILES string of the molecule is COC(=O)C1CC2(CCN(COCC[Si](C)(C)C)C2=O)C1. The van der Waals surface area contributed by atoms with E-state index >= 15 is 0 Å². The highest BCUT2D eigenvalue weighted by atomic mass is 28.3. The number of amides is 1. The number of methoxy groups -OCH3 is 1. The van der Waals surface area contributed by atoms with E-state index in [-0.39, 0.29) is 23.2 Å². The van der Waals surface area contributed by atoms with Crippen LogP contribution in [0.2, 0.25) is 25.7 Å². The molecule has 0 bridgehead atoms. The van der Waals surface area contributed by atoms with Crippen molar-refractivity contribution in [3.05, 3.63) is 0 Å². The Morgan fingerprint density at radius 2 is 2.05 bits per heavy atom. The molecule has 0 aromatic carbocycles. The van der Waals surface area contributed by atoms with Crippen molar-refractivity contribution in [2.45, 2.75) is 44.9 Å². The van der Waals surface area contributed by atoms with E-state index < -0.39 is 8.07 Å². The van der Waals surface area contributed by atoms with Crippen LogP contribution in [-0.4, -0.2) is 51.8 Å². The number of carbonyl (C=O) groups is 2. The number of carbonyl (C=O) groups excluding carboxylic acids is 2. The van der Waals surface area contributed by atoms with Gasteiger partial charge in [-0.3, -0.25) is 9.59 Å². The average Bonchev–Trinajstić information content (AvgIpc) is 2.68. The molecular weight excluding hydrogens is 286 g/mol. The van der Waals surface area contributed by atoms with Crippen LogP contribution in [-0.2, 0) is 19.1 Å². The lowest BCUT2D eigenvalue weighted by Gasteiger charge is -2.41. The molecule has 1 spiro atoms. The van der Waals surface area contributed by atoms with E-state index in [9.17, 15) is 9.59 Å². The zero-order valence-corrected chi connectivity index (χ0v) is 14.6. The van der Waals surface area contributed by atoms with Crippen molar-refractivity contribution in [2.75, 3.05) is 27.0 Å². The van der Waals surface area contributed by atoms with E-state index in [2.05, 4.69) is 19.6 Å². The summed E-state index contributed by atoms with van der Waals surface area (Å²) in [5.74, 6) is -0.111. The molecule has 2 fully saturated rings. The van der Waals surface area contributed by atoms with Gasteiger partial charge in [0.15, 0.2) is 0 Å². The first-order valence-electron chi connectivity index (χ1n) is 7.72. The van der Waals surface area contributed by atoms with Crippen molar-refractivity contribution in [1.82, 2.24) is 4.90 Å². The van der Waals surface area contributed by atoms with Crippen LogP contribution in [0.3, 0.4) is 0 Å². The number of likely N-dealkylation sites (tertiary alicyclic amines) is 1. The molecule has 5 nitrogen and oxygen atoms in total. The smallest absolute Gasteiger partial charge is 0.308 e. The lowest BCUT2D eigenvalue weighted by molar-refractivity contribution is -0.159. The maximum Gasteiger partial charge on any atom is 0.308 e. The van der Waals surface area contributed by atoms with Crippen LogP contribution < -0.4 is 0 Å². The van der Waals surface area contributed by atoms with Crippen molar-refractivity contribution in [3.63, 3.8) is 0 Å². The Hall–Kier alpha value is -0.883. The number of nitrogens with zero attached hydrogens (tertiary/aromatic N) is 1. The van der Waals surface area contributed by atoms with Gasteiger partial charge >= 0.3 is 5.97 Å². The molecule has 1 aliphatic carbocycles. The Morgan fingerprint density at radius 1 is 1.38 bits per heavy atom. The minimum absolute atomic E-state index is 0.0910. The molecule has 120 valence electrons. The highest BCUT2D eigenvalue weighted by Crippen LogP contribution is 2.52. The molecule has 2 rings (SSSR count). The highest BCUT2D eigenvalue weighted by Gasteiger charge is 2.57. The average molecular weight is 313 g/mol. The molecule has 21 heavy (non-hydrogen) atoms. The van der Waals surface area contributed by atoms with Crippen LogP contribution in [0.15, 0.2) is 0 Å². The van der Waals surface area contributed by atoms with Crippen molar-refractivity contribution in [3.8, 4) is 0 Å². The number of ether oxygens (including phenoxy) is 2. The van der Waals surface area contributed by atoms with Gasteiger partial charge in [0, 0.05) is 21.2 Å². The third-order valence-corrected chi connectivity index (χ3v) is 6.36. The summed E-state index contributed by atoms with van der Waals surface area (Å²) in [4.78, 5) is 25.7. The number of esters is 1. The molecule has 0 aromatic heterocycles. The summed E-state index contributed by atoms with van der Waals surface area (Å²) < 4.78 is 10.4. The molecule has 0 atom stereocenters. The lowest BCUT2D eigenvalue weighted by Crippen LogP contribution is -2.47. The van der Waals surface area contributed by atoms with E-state index in [1.165, 1.54) is 7.11 Å². The fraction of sp³-hybridized carbons (Fsp3) is 0.867. The largest absolute Gasteiger partial charge is 0.469 e. The molecule has 0 unspecified atom stereocenters. The van der Waals surface area contributed by atoms with Crippen LogP contribution >= 0.6 is 0 Å². The Morgan fingerprint density at radius 3 is 2.62 bits per heavy atom. The van der Waals surface area contributed by atoms with Crippen molar-refractivity contribution < 1.29 is 19.1 Å². The third kappa shape index (κ3) is 3.66. The minimum Gasteiger partial charge on any atom is -0.469 e. The van der Waals surface area contributed by atoms with Gasteiger partial charge in [0.05, 0.1) is 18.4 Å². The maximum atomic E-state index is 12.5. The van der Waals surface area contributed by atoms with E-state index in [0.717, 1.165) is 25.6 Å². The molecule has 0 aromatic rings. The summed E-state index contributed by atoms with van der Waals surface area (Å²) in [6.07, 6.45) is 2.13. The van der Waals surface area contributed by atoms with Gasteiger partial charge in [-0.25, -0.2) is 0 Å². The summed E-state index contributed by atoms with van der Waals surface area (Å²) in [7, 11) is 0.324. The fourth-order valence-corrected chi connectivity index (χ4v) is 3.92. The topological polar surface area (TPSA) is 55.8 Å². The predicted octanol–water partition coefficient (Wildman–Crippen LogP) is 2.10. The number of hydrogen-bond acceptors (Lipinski definition) is 4. The van der Waals surface area contributed by atoms with Gasteiger partial charge < -0.3 is 14.4 Å². The van der Waals surface area contributed by atoms with Crippen LogP contribution in [0, 0.1) is 11.3 Å². The fourth-order valence-electron chi connectivity index (χ4n) is 3.16. The number of rotatable bonds is 6. The van der Waals surface area contributed by atoms with Gasteiger partial charge in [-0.05, 0) is 25.3 Å². The van der Waals surface area contributed by atoms with E-state index in [1.807, 2.05) is 0 Å². The third-order valence-electron chi connectivity index (χ3n) is 4.65. The van der Waals surface area contributed by atoms with Crippen LogP contribution in [0.4, 0.5) is 0 Å². The minimum atomic E-state index is -1.08. The van der Waals surface area contributed by atoms with Gasteiger partial charge in [-0.15, -0.1) is 0 Å². The lowest BCUT2D eigenvalue weighted by atomic mass is 9.61. The van der Waals surface area contributed by atoms with Crippen LogP contribution in [0.5, 0.6) is 0 Å². The second-order valence-electron chi connectivity index (χ2n) is 7.58. The van der Waals surface area contributed by atoms with E-state index in [1.54, 1.807) is 4.90 Å². The zero-order valence-electron chi connectivity index (χ0n) is 13.6. The van der Waals surface area contributed by atoms with Crippen LogP contribution in [0.1, 0.15) is 19.3 Å². The van der Waals surface area contributed by atoms with Crippen molar-refractivity contribution >= 4 is 20.0 Å². The second-order valence-corrected chi connectivity index (χ2v) is 13.2. The van der Waals surface area contributed by atoms with Gasteiger partial charge in [-0.2, -0.15) is 0 Å². The van der Waals surface area contributed by atoms with Crippen LogP contribution in [0.25, 0.3) is 0 Å². The molecule has 1 amide bonds. The molecule has 6 heteroatoms. The summed E-state index contributed by atoms with van der Waals surface area (Å²) in [6.45, 7) is 8.82. The zero-order chi connectivity index (χ0) is 15.7. The Kier molecular flexibility index (Phi) is 4.78. The van der Waals surface area contributed by atoms with Gasteiger partial charge in [0.1, 0.15) is 6.73 Å². The normalized spacial score (nSPS) is 28.9. The van der Waals surface area contributed by atoms with E-state index in [0.29, 0.717) is 19.6 Å². The van der Waals surface area contributed by atoms with Gasteiger partial charge in [0.2, 0.25) is 5.91 Å². The van der Waals surface area contributed by atoms with Crippen molar-refractivity contribution in [1.29, 1.82) is 0 Å². The van der Waals surface area contributed by atoms with Crippen molar-refractivity contribution in [2.24, 2.45) is 11.3 Å².